The lowest BCUT2D eigenvalue weighted by atomic mass is 10.3. The molecule has 2 aromatic carbocycles. The van der Waals surface area contributed by atoms with Crippen LogP contribution in [0, 0.1) is 10.1 Å². The van der Waals surface area contributed by atoms with Crippen molar-refractivity contribution < 1.29 is 18.1 Å². The Morgan fingerprint density at radius 2 is 1.55 bits per heavy atom. The van der Waals surface area contributed by atoms with Crippen molar-refractivity contribution in [2.75, 3.05) is 0 Å². The van der Waals surface area contributed by atoms with Crippen LogP contribution in [0.25, 0.3) is 0 Å². The summed E-state index contributed by atoms with van der Waals surface area (Å²) in [6.07, 6.45) is 0. The fourth-order valence-corrected chi connectivity index (χ4v) is 1.56. The molecule has 0 radical (unpaired) electrons. The predicted octanol–water partition coefficient (Wildman–Crippen LogP) is 4.75. The van der Waals surface area contributed by atoms with Crippen LogP contribution in [0.4, 0.5) is 5.69 Å². The van der Waals surface area contributed by atoms with E-state index in [4.69, 9.17) is 24.8 Å². The second-order valence-corrected chi connectivity index (χ2v) is 7.71. The summed E-state index contributed by atoms with van der Waals surface area (Å²) in [6, 6.07) is 13.2. The number of halogens is 3. The number of ether oxygens (including phenoxy) is 1. The summed E-state index contributed by atoms with van der Waals surface area (Å²) >= 11 is 5.89. The summed E-state index contributed by atoms with van der Waals surface area (Å²) in [7, 11) is 4.81. The largest absolute Gasteiger partial charge is 0.449 e. The molecule has 0 unspecified atom stereocenters. The first-order chi connectivity index (χ1) is 10.2. The van der Waals surface area contributed by atoms with E-state index >= 15 is 0 Å². The van der Waals surface area contributed by atoms with Gasteiger partial charge in [0.25, 0.3) is 0 Å². The maximum absolute atomic E-state index is 10.8. The van der Waals surface area contributed by atoms with E-state index in [0.29, 0.717) is 5.75 Å². The Bertz CT molecular complexity index is 745. The quantitative estimate of drug-likeness (QED) is 0.433. The number of nitro groups is 1. The van der Waals surface area contributed by atoms with Gasteiger partial charge in [-0.3, -0.25) is 10.1 Å². The van der Waals surface area contributed by atoms with Crippen LogP contribution in [0.3, 0.4) is 0 Å². The lowest BCUT2D eigenvalue weighted by Crippen LogP contribution is -1.93. The Balaban J connectivity index is 0.000000422. The molecule has 0 atom stereocenters. The Labute approximate surface area is 140 Å². The maximum Gasteiger partial charge on any atom is 0.317 e. The summed E-state index contributed by atoms with van der Waals surface area (Å²) in [5.41, 5.74) is -0.152. The molecule has 0 fully saturated rings. The van der Waals surface area contributed by atoms with Crippen molar-refractivity contribution in [2.24, 2.45) is 0 Å². The van der Waals surface area contributed by atoms with Gasteiger partial charge in [-0.1, -0.05) is 35.9 Å². The summed E-state index contributed by atoms with van der Waals surface area (Å²) in [5.74, 6) is 0.564. The van der Waals surface area contributed by atoms with E-state index in [1.165, 1.54) is 12.1 Å². The first kappa shape index (κ1) is 18.5. The van der Waals surface area contributed by atoms with Crippen LogP contribution in [0.1, 0.15) is 0 Å². The molecule has 0 aliphatic rings. The number of nitro benzene ring substituents is 1. The molecule has 10 heteroatoms. The molecule has 0 saturated heterocycles. The average Bonchev–Trinajstić information content (AvgIpc) is 2.40. The molecule has 22 heavy (non-hydrogen) atoms. The van der Waals surface area contributed by atoms with E-state index in [9.17, 15) is 10.1 Å². The minimum atomic E-state index is -3.72. The highest BCUT2D eigenvalue weighted by atomic mass is 36.0. The van der Waals surface area contributed by atoms with Crippen LogP contribution in [0.5, 0.6) is 11.5 Å². The standard InChI is InChI=1S/C12H8ClNO3.Cl2O2S/c13-10-7-4-8-11(14(15)16)12(10)17-9-5-2-1-3-6-9;1-5(2,3)4/h1-8H;. The second kappa shape index (κ2) is 8.19. The Kier molecular flexibility index (Phi) is 6.89. The van der Waals surface area contributed by atoms with Gasteiger partial charge in [-0.2, -0.15) is 8.42 Å². The summed E-state index contributed by atoms with van der Waals surface area (Å²) < 4.78 is 23.8. The van der Waals surface area contributed by atoms with Crippen molar-refractivity contribution >= 4 is 46.9 Å². The molecule has 0 aliphatic heterocycles. The van der Waals surface area contributed by atoms with E-state index in [-0.39, 0.29) is 16.5 Å². The number of benzene rings is 2. The lowest BCUT2D eigenvalue weighted by molar-refractivity contribution is -0.385. The fraction of sp³-hybridized carbons (Fsp3) is 0. The summed E-state index contributed by atoms with van der Waals surface area (Å²) in [4.78, 5) is 10.3. The molecule has 0 saturated carbocycles. The topological polar surface area (TPSA) is 86.5 Å². The average molecular weight is 385 g/mol. The summed E-state index contributed by atoms with van der Waals surface area (Å²) in [6.45, 7) is 0. The van der Waals surface area contributed by atoms with Gasteiger partial charge in [-0.25, -0.2) is 0 Å². The molecule has 118 valence electrons. The highest BCUT2D eigenvalue weighted by Crippen LogP contribution is 2.37. The normalized spacial score (nSPS) is 10.3. The number of hydrogen-bond donors (Lipinski definition) is 0. The molecule has 2 rings (SSSR count). The first-order valence-corrected chi connectivity index (χ1v) is 9.00. The predicted molar refractivity (Wildman–Crippen MR) is 85.2 cm³/mol. The molecule has 0 aliphatic carbocycles. The second-order valence-electron chi connectivity index (χ2n) is 3.64. The van der Waals surface area contributed by atoms with E-state index in [2.05, 4.69) is 21.4 Å². The molecular formula is C12H8Cl3NO5S. The van der Waals surface area contributed by atoms with Crippen molar-refractivity contribution in [3.8, 4) is 11.5 Å². The molecule has 0 spiro atoms. The van der Waals surface area contributed by atoms with Gasteiger partial charge in [0.1, 0.15) is 5.75 Å². The van der Waals surface area contributed by atoms with E-state index < -0.39 is 13.2 Å². The van der Waals surface area contributed by atoms with Gasteiger partial charge in [-0.15, -0.1) is 0 Å². The Hall–Kier alpha value is -1.54. The number of rotatable bonds is 3. The van der Waals surface area contributed by atoms with Gasteiger partial charge in [0.05, 0.1) is 9.95 Å². The van der Waals surface area contributed by atoms with E-state index in [1.54, 1.807) is 30.3 Å². The molecule has 0 N–H and O–H groups in total. The van der Waals surface area contributed by atoms with E-state index in [1.807, 2.05) is 6.07 Å². The van der Waals surface area contributed by atoms with Crippen LogP contribution >= 0.6 is 33.0 Å². The van der Waals surface area contributed by atoms with Crippen molar-refractivity contribution in [3.63, 3.8) is 0 Å². The molecule has 0 amide bonds. The zero-order chi connectivity index (χ0) is 16.8. The third kappa shape index (κ3) is 6.95. The monoisotopic (exact) mass is 383 g/mol. The van der Waals surface area contributed by atoms with E-state index in [0.717, 1.165) is 0 Å². The van der Waals surface area contributed by atoms with Crippen molar-refractivity contribution in [1.29, 1.82) is 0 Å². The maximum atomic E-state index is 10.8. The van der Waals surface area contributed by atoms with Crippen LogP contribution in [0.2, 0.25) is 5.02 Å². The number of para-hydroxylation sites is 2. The molecule has 0 heterocycles. The van der Waals surface area contributed by atoms with Crippen molar-refractivity contribution in [1.82, 2.24) is 0 Å². The van der Waals surface area contributed by atoms with Gasteiger partial charge < -0.3 is 4.74 Å². The van der Waals surface area contributed by atoms with Crippen LogP contribution in [-0.4, -0.2) is 13.3 Å². The van der Waals surface area contributed by atoms with Crippen LogP contribution in [-0.2, 0) is 8.26 Å². The molecule has 2 aromatic rings. The SMILES string of the molecule is O=S(=O)(Cl)Cl.O=[N+]([O-])c1cccc(Cl)c1Oc1ccccc1. The van der Waals surface area contributed by atoms with Gasteiger partial charge in [-0.05, 0) is 18.2 Å². The third-order valence-electron chi connectivity index (χ3n) is 2.11. The lowest BCUT2D eigenvalue weighted by Gasteiger charge is -2.07. The van der Waals surface area contributed by atoms with Gasteiger partial charge in [0.2, 0.25) is 5.75 Å². The minimum Gasteiger partial charge on any atom is -0.449 e. The molecular weight excluding hydrogens is 377 g/mol. The third-order valence-corrected chi connectivity index (χ3v) is 2.40. The Morgan fingerprint density at radius 3 is 2.05 bits per heavy atom. The first-order valence-electron chi connectivity index (χ1n) is 5.48. The Morgan fingerprint density at radius 1 is 1.00 bits per heavy atom. The van der Waals surface area contributed by atoms with Crippen molar-refractivity contribution in [3.05, 3.63) is 63.7 Å². The van der Waals surface area contributed by atoms with Crippen LogP contribution < -0.4 is 4.74 Å². The highest BCUT2D eigenvalue weighted by Gasteiger charge is 2.18. The van der Waals surface area contributed by atoms with Crippen LogP contribution in [0.15, 0.2) is 48.5 Å². The fourth-order valence-electron chi connectivity index (χ4n) is 1.35. The summed E-state index contributed by atoms with van der Waals surface area (Å²) in [5, 5.41) is 11.0. The van der Waals surface area contributed by atoms with Gasteiger partial charge in [0, 0.05) is 27.4 Å². The molecule has 0 bridgehead atoms. The zero-order valence-corrected chi connectivity index (χ0v) is 13.7. The van der Waals surface area contributed by atoms with Gasteiger partial charge >= 0.3 is 14.0 Å². The highest BCUT2D eigenvalue weighted by molar-refractivity contribution is 8.31. The zero-order valence-electron chi connectivity index (χ0n) is 10.6. The molecule has 6 nitrogen and oxygen atoms in total. The smallest absolute Gasteiger partial charge is 0.317 e. The minimum absolute atomic E-state index is 0.0605. The number of nitrogens with zero attached hydrogens (tertiary/aromatic N) is 1. The number of hydrogen-bond acceptors (Lipinski definition) is 5. The molecule has 0 aromatic heterocycles. The van der Waals surface area contributed by atoms with Crippen molar-refractivity contribution in [2.45, 2.75) is 0 Å². The van der Waals surface area contributed by atoms with Gasteiger partial charge in [0.15, 0.2) is 0 Å².